The number of nitrogens with one attached hydrogen (secondary N) is 1. The summed E-state index contributed by atoms with van der Waals surface area (Å²) in [5.74, 6) is -0.875. The van der Waals surface area contributed by atoms with Gasteiger partial charge in [-0.2, -0.15) is 0 Å². The molecule has 26 heavy (non-hydrogen) atoms. The molecule has 1 aliphatic heterocycles. The summed E-state index contributed by atoms with van der Waals surface area (Å²) in [4.78, 5) is 26.3. The lowest BCUT2D eigenvalue weighted by Crippen LogP contribution is -2.54. The van der Waals surface area contributed by atoms with Crippen LogP contribution in [0.15, 0.2) is 54.1 Å². The molecule has 2 aromatic carbocycles. The molecule has 1 aliphatic rings. The minimum Gasteiger partial charge on any atom is -0.494 e. The molecule has 1 saturated heterocycles. The highest BCUT2D eigenvalue weighted by molar-refractivity contribution is 7.80. The van der Waals surface area contributed by atoms with E-state index in [1.54, 1.807) is 24.3 Å². The number of nitrogens with zero attached hydrogens (tertiary/aromatic N) is 1. The fourth-order valence-corrected chi connectivity index (χ4v) is 2.76. The lowest BCUT2D eigenvalue weighted by atomic mass is 10.1. The Hall–Kier alpha value is -3.06. The number of carbonyl (C=O) groups is 2. The van der Waals surface area contributed by atoms with E-state index in [0.717, 1.165) is 0 Å². The number of rotatable bonds is 4. The fraction of sp³-hybridized carbons (Fsp3) is 0.105. The van der Waals surface area contributed by atoms with Crippen molar-refractivity contribution in [1.82, 2.24) is 5.32 Å². The maximum atomic E-state index is 13.0. The first kappa shape index (κ1) is 17.8. The van der Waals surface area contributed by atoms with Crippen LogP contribution in [-0.2, 0) is 9.59 Å². The molecule has 0 aliphatic carbocycles. The number of halogens is 1. The van der Waals surface area contributed by atoms with Crippen LogP contribution >= 0.6 is 12.2 Å². The zero-order chi connectivity index (χ0) is 18.7. The average molecular weight is 370 g/mol. The molecular weight excluding hydrogens is 355 g/mol. The number of carbonyl (C=O) groups excluding carboxylic acids is 2. The number of ether oxygens (including phenoxy) is 1. The summed E-state index contributed by atoms with van der Waals surface area (Å²) < 4.78 is 18.4. The van der Waals surface area contributed by atoms with Gasteiger partial charge in [0.05, 0.1) is 12.3 Å². The molecule has 1 fully saturated rings. The standard InChI is InChI=1S/C19H15FN2O3S/c1-2-25-15-9-7-14(8-10-15)22-18(24)16(17(23)21-19(22)26)11-12-3-5-13(20)6-4-12/h3-11H,2H2,1H3,(H,21,23,26)/b16-11+. The SMILES string of the molecule is CCOc1ccc(N2C(=O)/C(=C/c3ccc(F)cc3)C(=O)NC2=S)cc1. The summed E-state index contributed by atoms with van der Waals surface area (Å²) in [6.45, 7) is 2.40. The molecule has 1 heterocycles. The van der Waals surface area contributed by atoms with Gasteiger partial charge >= 0.3 is 0 Å². The number of hydrogen-bond acceptors (Lipinski definition) is 4. The maximum absolute atomic E-state index is 13.0. The van der Waals surface area contributed by atoms with Crippen LogP contribution in [0.5, 0.6) is 5.75 Å². The molecule has 7 heteroatoms. The van der Waals surface area contributed by atoms with Crippen molar-refractivity contribution in [3.63, 3.8) is 0 Å². The zero-order valence-electron chi connectivity index (χ0n) is 13.9. The number of hydrogen-bond donors (Lipinski definition) is 1. The summed E-state index contributed by atoms with van der Waals surface area (Å²) in [6.07, 6.45) is 1.40. The third-order valence-corrected chi connectivity index (χ3v) is 3.97. The van der Waals surface area contributed by atoms with Gasteiger partial charge in [-0.15, -0.1) is 0 Å². The monoisotopic (exact) mass is 370 g/mol. The lowest BCUT2D eigenvalue weighted by molar-refractivity contribution is -0.122. The van der Waals surface area contributed by atoms with Crippen LogP contribution in [0, 0.1) is 5.82 Å². The highest BCUT2D eigenvalue weighted by Crippen LogP contribution is 2.24. The van der Waals surface area contributed by atoms with Crippen LogP contribution < -0.4 is 15.0 Å². The molecule has 0 atom stereocenters. The maximum Gasteiger partial charge on any atom is 0.270 e. The largest absolute Gasteiger partial charge is 0.494 e. The third kappa shape index (κ3) is 3.62. The Kier molecular flexibility index (Phi) is 5.09. The summed E-state index contributed by atoms with van der Waals surface area (Å²) in [5.41, 5.74) is 0.955. The molecule has 132 valence electrons. The van der Waals surface area contributed by atoms with Crippen LogP contribution in [0.25, 0.3) is 6.08 Å². The molecule has 0 spiro atoms. The Bertz CT molecular complexity index is 892. The van der Waals surface area contributed by atoms with Crippen molar-refractivity contribution in [2.75, 3.05) is 11.5 Å². The first-order valence-electron chi connectivity index (χ1n) is 7.89. The van der Waals surface area contributed by atoms with Crippen molar-refractivity contribution in [3.05, 3.63) is 65.5 Å². The van der Waals surface area contributed by atoms with Crippen molar-refractivity contribution >= 4 is 40.9 Å². The highest BCUT2D eigenvalue weighted by Gasteiger charge is 2.34. The van der Waals surface area contributed by atoms with Crippen molar-refractivity contribution in [2.45, 2.75) is 6.92 Å². The van der Waals surface area contributed by atoms with E-state index >= 15 is 0 Å². The Balaban J connectivity index is 1.93. The normalized spacial score (nSPS) is 16.0. The van der Waals surface area contributed by atoms with Gasteiger partial charge < -0.3 is 4.74 Å². The smallest absolute Gasteiger partial charge is 0.270 e. The number of thiocarbonyl (C=S) groups is 1. The van der Waals surface area contributed by atoms with E-state index < -0.39 is 17.6 Å². The van der Waals surface area contributed by atoms with Crippen LogP contribution in [0.4, 0.5) is 10.1 Å². The predicted octanol–water partition coefficient (Wildman–Crippen LogP) is 3.06. The van der Waals surface area contributed by atoms with Crippen molar-refractivity contribution in [1.29, 1.82) is 0 Å². The van der Waals surface area contributed by atoms with Gasteiger partial charge in [0, 0.05) is 0 Å². The van der Waals surface area contributed by atoms with E-state index in [9.17, 15) is 14.0 Å². The van der Waals surface area contributed by atoms with Crippen LogP contribution in [0.2, 0.25) is 0 Å². The van der Waals surface area contributed by atoms with E-state index in [4.69, 9.17) is 17.0 Å². The van der Waals surface area contributed by atoms with Gasteiger partial charge in [-0.3, -0.25) is 19.8 Å². The minimum atomic E-state index is -0.591. The molecule has 0 radical (unpaired) electrons. The summed E-state index contributed by atoms with van der Waals surface area (Å²) in [7, 11) is 0. The van der Waals surface area contributed by atoms with Crippen molar-refractivity contribution < 1.29 is 18.7 Å². The van der Waals surface area contributed by atoms with E-state index in [2.05, 4.69) is 5.32 Å². The van der Waals surface area contributed by atoms with Crippen molar-refractivity contribution in [3.8, 4) is 5.75 Å². The summed E-state index contributed by atoms with van der Waals surface area (Å²) in [6, 6.07) is 12.3. The minimum absolute atomic E-state index is 0.000385. The van der Waals surface area contributed by atoms with E-state index in [0.29, 0.717) is 23.6 Å². The molecule has 2 amide bonds. The van der Waals surface area contributed by atoms with Crippen molar-refractivity contribution in [2.24, 2.45) is 0 Å². The Morgan fingerprint density at radius 3 is 2.38 bits per heavy atom. The Morgan fingerprint density at radius 2 is 1.77 bits per heavy atom. The molecular formula is C19H15FN2O3S. The van der Waals surface area contributed by atoms with Crippen LogP contribution in [-0.4, -0.2) is 23.5 Å². The summed E-state index contributed by atoms with van der Waals surface area (Å²) in [5, 5.41) is 2.50. The number of amides is 2. The molecule has 0 unspecified atom stereocenters. The van der Waals surface area contributed by atoms with Gasteiger partial charge in [-0.05, 0) is 67.2 Å². The summed E-state index contributed by atoms with van der Waals surface area (Å²) >= 11 is 5.15. The number of benzene rings is 2. The van der Waals surface area contributed by atoms with Gasteiger partial charge in [-0.25, -0.2) is 4.39 Å². The van der Waals surface area contributed by atoms with Crippen LogP contribution in [0.3, 0.4) is 0 Å². The van der Waals surface area contributed by atoms with Gasteiger partial charge in [0.1, 0.15) is 17.1 Å². The molecule has 2 aromatic rings. The van der Waals surface area contributed by atoms with E-state index in [-0.39, 0.29) is 10.7 Å². The quantitative estimate of drug-likeness (QED) is 0.511. The van der Waals surface area contributed by atoms with Gasteiger partial charge in [0.15, 0.2) is 5.11 Å². The molecule has 0 bridgehead atoms. The predicted molar refractivity (Wildman–Crippen MR) is 100 cm³/mol. The van der Waals surface area contributed by atoms with E-state index in [1.807, 2.05) is 6.92 Å². The highest BCUT2D eigenvalue weighted by atomic mass is 32.1. The second-order valence-corrected chi connectivity index (χ2v) is 5.82. The topological polar surface area (TPSA) is 58.6 Å². The zero-order valence-corrected chi connectivity index (χ0v) is 14.7. The molecule has 5 nitrogen and oxygen atoms in total. The first-order chi connectivity index (χ1) is 12.5. The van der Waals surface area contributed by atoms with Gasteiger partial charge in [0.25, 0.3) is 11.8 Å². The lowest BCUT2D eigenvalue weighted by Gasteiger charge is -2.29. The van der Waals surface area contributed by atoms with Gasteiger partial charge in [-0.1, -0.05) is 12.1 Å². The molecule has 3 rings (SSSR count). The van der Waals surface area contributed by atoms with E-state index in [1.165, 1.54) is 35.2 Å². The molecule has 1 N–H and O–H groups in total. The molecule has 0 saturated carbocycles. The van der Waals surface area contributed by atoms with Gasteiger partial charge in [0.2, 0.25) is 0 Å². The molecule has 0 aromatic heterocycles. The second kappa shape index (κ2) is 7.45. The van der Waals surface area contributed by atoms with Crippen LogP contribution in [0.1, 0.15) is 12.5 Å². The third-order valence-electron chi connectivity index (χ3n) is 3.69. The Morgan fingerprint density at radius 1 is 1.12 bits per heavy atom. The Labute approximate surface area is 155 Å². The fourth-order valence-electron chi connectivity index (χ4n) is 2.48. The second-order valence-electron chi connectivity index (χ2n) is 5.44. The first-order valence-corrected chi connectivity index (χ1v) is 8.30. The average Bonchev–Trinajstić information content (AvgIpc) is 2.62. The number of anilines is 1.